The number of hydrogen-bond acceptors (Lipinski definition) is 2. The van der Waals surface area contributed by atoms with Gasteiger partial charge in [0.05, 0.1) is 6.04 Å². The Morgan fingerprint density at radius 3 is 2.35 bits per heavy atom. The SMILES string of the molecule is CCc1ccc(NC(=O)[C@H](C)N[C@@H](C)c2ccccc2Br)cc1. The van der Waals surface area contributed by atoms with Gasteiger partial charge >= 0.3 is 0 Å². The van der Waals surface area contributed by atoms with E-state index in [0.29, 0.717) is 0 Å². The van der Waals surface area contributed by atoms with Crippen LogP contribution in [0, 0.1) is 0 Å². The third-order valence-electron chi connectivity index (χ3n) is 3.89. The average Bonchev–Trinajstić information content (AvgIpc) is 2.55. The molecule has 0 radical (unpaired) electrons. The first-order valence-electron chi connectivity index (χ1n) is 7.91. The lowest BCUT2D eigenvalue weighted by Crippen LogP contribution is -2.39. The summed E-state index contributed by atoms with van der Waals surface area (Å²) in [6.07, 6.45) is 0.996. The van der Waals surface area contributed by atoms with Crippen molar-refractivity contribution >= 4 is 27.5 Å². The van der Waals surface area contributed by atoms with Crippen molar-refractivity contribution in [2.75, 3.05) is 5.32 Å². The molecule has 4 heteroatoms. The highest BCUT2D eigenvalue weighted by Gasteiger charge is 2.17. The molecule has 2 N–H and O–H groups in total. The maximum atomic E-state index is 12.3. The number of amides is 1. The van der Waals surface area contributed by atoms with Crippen LogP contribution in [0.25, 0.3) is 0 Å². The molecule has 0 bridgehead atoms. The van der Waals surface area contributed by atoms with Crippen LogP contribution in [0.2, 0.25) is 0 Å². The van der Waals surface area contributed by atoms with Crippen LogP contribution < -0.4 is 10.6 Å². The minimum Gasteiger partial charge on any atom is -0.325 e. The van der Waals surface area contributed by atoms with Crippen molar-refractivity contribution in [3.8, 4) is 0 Å². The standard InChI is InChI=1S/C19H23BrN2O/c1-4-15-9-11-16(12-10-15)22-19(23)14(3)21-13(2)17-7-5-6-8-18(17)20/h5-14,21H,4H2,1-3H3,(H,22,23)/t13-,14-/m0/s1. The Hall–Kier alpha value is -1.65. The molecule has 1 amide bonds. The van der Waals surface area contributed by atoms with E-state index in [1.165, 1.54) is 5.56 Å². The molecular formula is C19H23BrN2O. The monoisotopic (exact) mass is 374 g/mol. The third-order valence-corrected chi connectivity index (χ3v) is 4.62. The van der Waals surface area contributed by atoms with Crippen molar-refractivity contribution in [1.82, 2.24) is 5.32 Å². The van der Waals surface area contributed by atoms with Gasteiger partial charge in [-0.05, 0) is 49.6 Å². The molecule has 0 fully saturated rings. The van der Waals surface area contributed by atoms with Crippen LogP contribution >= 0.6 is 15.9 Å². The number of carbonyl (C=O) groups is 1. The Morgan fingerprint density at radius 1 is 1.09 bits per heavy atom. The fourth-order valence-corrected chi connectivity index (χ4v) is 3.07. The van der Waals surface area contributed by atoms with Gasteiger partial charge in [-0.15, -0.1) is 0 Å². The van der Waals surface area contributed by atoms with Gasteiger partial charge in [0.25, 0.3) is 0 Å². The zero-order valence-electron chi connectivity index (χ0n) is 13.8. The second-order valence-electron chi connectivity index (χ2n) is 5.67. The molecule has 0 heterocycles. The number of anilines is 1. The van der Waals surface area contributed by atoms with Crippen molar-refractivity contribution in [2.24, 2.45) is 0 Å². The van der Waals surface area contributed by atoms with E-state index >= 15 is 0 Å². The molecule has 0 unspecified atom stereocenters. The number of halogens is 1. The number of rotatable bonds is 6. The summed E-state index contributed by atoms with van der Waals surface area (Å²) in [5, 5.41) is 6.29. The summed E-state index contributed by atoms with van der Waals surface area (Å²) in [7, 11) is 0. The van der Waals surface area contributed by atoms with E-state index in [1.54, 1.807) is 0 Å². The molecule has 0 spiro atoms. The molecule has 2 rings (SSSR count). The van der Waals surface area contributed by atoms with Crippen molar-refractivity contribution in [3.05, 3.63) is 64.1 Å². The predicted octanol–water partition coefficient (Wildman–Crippen LogP) is 4.69. The van der Waals surface area contributed by atoms with Gasteiger partial charge in [-0.2, -0.15) is 0 Å². The molecular weight excluding hydrogens is 352 g/mol. The van der Waals surface area contributed by atoms with E-state index < -0.39 is 0 Å². The zero-order chi connectivity index (χ0) is 16.8. The number of nitrogens with one attached hydrogen (secondary N) is 2. The Labute approximate surface area is 146 Å². The lowest BCUT2D eigenvalue weighted by Gasteiger charge is -2.21. The molecule has 2 aromatic rings. The predicted molar refractivity (Wildman–Crippen MR) is 99.6 cm³/mol. The maximum absolute atomic E-state index is 12.3. The lowest BCUT2D eigenvalue weighted by atomic mass is 10.1. The van der Waals surface area contributed by atoms with Crippen LogP contribution in [0.5, 0.6) is 0 Å². The Kier molecular flexibility index (Phi) is 6.37. The van der Waals surface area contributed by atoms with Gasteiger partial charge in [-0.3, -0.25) is 10.1 Å². The van der Waals surface area contributed by atoms with Crippen molar-refractivity contribution in [3.63, 3.8) is 0 Å². The highest BCUT2D eigenvalue weighted by atomic mass is 79.9. The molecule has 2 atom stereocenters. The molecule has 0 aliphatic carbocycles. The molecule has 0 aliphatic heterocycles. The minimum atomic E-state index is -0.289. The first kappa shape index (κ1) is 17.7. The van der Waals surface area contributed by atoms with Gasteiger partial charge < -0.3 is 5.32 Å². The van der Waals surface area contributed by atoms with E-state index in [-0.39, 0.29) is 18.0 Å². The van der Waals surface area contributed by atoms with Gasteiger partial charge in [-0.25, -0.2) is 0 Å². The van der Waals surface area contributed by atoms with Crippen LogP contribution in [0.4, 0.5) is 5.69 Å². The highest BCUT2D eigenvalue weighted by molar-refractivity contribution is 9.10. The van der Waals surface area contributed by atoms with Gasteiger partial charge in [0.1, 0.15) is 0 Å². The molecule has 3 nitrogen and oxygen atoms in total. The summed E-state index contributed by atoms with van der Waals surface area (Å²) >= 11 is 3.55. The summed E-state index contributed by atoms with van der Waals surface area (Å²) in [6, 6.07) is 15.8. The minimum absolute atomic E-state index is 0.0341. The fraction of sp³-hybridized carbons (Fsp3) is 0.316. The second kappa shape index (κ2) is 8.27. The van der Waals surface area contributed by atoms with Crippen LogP contribution in [0.15, 0.2) is 53.0 Å². The van der Waals surface area contributed by atoms with Crippen molar-refractivity contribution in [1.29, 1.82) is 0 Å². The summed E-state index contributed by atoms with van der Waals surface area (Å²) in [4.78, 5) is 12.3. The van der Waals surface area contributed by atoms with E-state index in [2.05, 4.69) is 46.5 Å². The first-order valence-corrected chi connectivity index (χ1v) is 8.70. The summed E-state index contributed by atoms with van der Waals surface area (Å²) in [5.74, 6) is -0.0341. The highest BCUT2D eigenvalue weighted by Crippen LogP contribution is 2.23. The molecule has 122 valence electrons. The number of aryl methyl sites for hydroxylation is 1. The molecule has 0 saturated heterocycles. The fourth-order valence-electron chi connectivity index (χ4n) is 2.44. The van der Waals surface area contributed by atoms with Crippen LogP contribution in [-0.4, -0.2) is 11.9 Å². The largest absolute Gasteiger partial charge is 0.325 e. The van der Waals surface area contributed by atoms with Crippen molar-refractivity contribution in [2.45, 2.75) is 39.3 Å². The van der Waals surface area contributed by atoms with Gasteiger partial charge in [-0.1, -0.05) is 53.2 Å². The topological polar surface area (TPSA) is 41.1 Å². The smallest absolute Gasteiger partial charge is 0.241 e. The summed E-state index contributed by atoms with van der Waals surface area (Å²) in [6.45, 7) is 6.05. The van der Waals surface area contributed by atoms with Crippen LogP contribution in [0.1, 0.15) is 37.9 Å². The lowest BCUT2D eigenvalue weighted by molar-refractivity contribution is -0.117. The van der Waals surface area contributed by atoms with Gasteiger partial charge in [0.2, 0.25) is 5.91 Å². The van der Waals surface area contributed by atoms with E-state index in [0.717, 1.165) is 22.1 Å². The van der Waals surface area contributed by atoms with Gasteiger partial charge in [0, 0.05) is 16.2 Å². The third kappa shape index (κ3) is 4.91. The van der Waals surface area contributed by atoms with E-state index in [1.807, 2.05) is 49.4 Å². The molecule has 0 aliphatic rings. The second-order valence-corrected chi connectivity index (χ2v) is 6.53. The quantitative estimate of drug-likeness (QED) is 0.769. The summed E-state index contributed by atoms with van der Waals surface area (Å²) in [5.41, 5.74) is 3.23. The van der Waals surface area contributed by atoms with E-state index in [9.17, 15) is 4.79 Å². The first-order chi connectivity index (χ1) is 11.0. The van der Waals surface area contributed by atoms with Gasteiger partial charge in [0.15, 0.2) is 0 Å². The molecule has 0 saturated carbocycles. The van der Waals surface area contributed by atoms with E-state index in [4.69, 9.17) is 0 Å². The Bertz CT molecular complexity index is 655. The molecule has 2 aromatic carbocycles. The number of carbonyl (C=O) groups excluding carboxylic acids is 1. The van der Waals surface area contributed by atoms with Crippen LogP contribution in [0.3, 0.4) is 0 Å². The normalized spacial score (nSPS) is 13.4. The molecule has 0 aromatic heterocycles. The average molecular weight is 375 g/mol. The van der Waals surface area contributed by atoms with Crippen molar-refractivity contribution < 1.29 is 4.79 Å². The number of hydrogen-bond donors (Lipinski definition) is 2. The Balaban J connectivity index is 1.95. The number of benzene rings is 2. The zero-order valence-corrected chi connectivity index (χ0v) is 15.4. The Morgan fingerprint density at radius 2 is 1.74 bits per heavy atom. The van der Waals surface area contributed by atoms with Crippen LogP contribution in [-0.2, 0) is 11.2 Å². The molecule has 23 heavy (non-hydrogen) atoms. The maximum Gasteiger partial charge on any atom is 0.241 e. The summed E-state index contributed by atoms with van der Waals surface area (Å²) < 4.78 is 1.04.